The van der Waals surface area contributed by atoms with Crippen molar-refractivity contribution in [1.29, 1.82) is 0 Å². The van der Waals surface area contributed by atoms with Gasteiger partial charge in [-0.05, 0) is 99.3 Å². The van der Waals surface area contributed by atoms with Gasteiger partial charge < -0.3 is 4.98 Å². The molecule has 0 amide bonds. The summed E-state index contributed by atoms with van der Waals surface area (Å²) in [5.41, 5.74) is 13.3. The van der Waals surface area contributed by atoms with E-state index in [1.54, 1.807) is 0 Å². The fourth-order valence-electron chi connectivity index (χ4n) is 6.83. The van der Waals surface area contributed by atoms with Crippen LogP contribution in [0.2, 0.25) is 0 Å². The molecule has 4 heterocycles. The maximum Gasteiger partial charge on any atom is 0.147 e. The largest absolute Gasteiger partial charge is 0.341 e. The Balaban J connectivity index is 1.34. The van der Waals surface area contributed by atoms with Crippen LogP contribution in [0.5, 0.6) is 0 Å². The van der Waals surface area contributed by atoms with Crippen molar-refractivity contribution in [2.75, 3.05) is 0 Å². The van der Waals surface area contributed by atoms with Gasteiger partial charge in [-0.3, -0.25) is 9.55 Å². The molecule has 0 fully saturated rings. The molecule has 0 aliphatic heterocycles. The number of aromatic amines is 1. The first-order chi connectivity index (χ1) is 24.0. The van der Waals surface area contributed by atoms with E-state index in [1.165, 1.54) is 22.1 Å². The van der Waals surface area contributed by atoms with Crippen LogP contribution in [0.25, 0.3) is 72.7 Å². The van der Waals surface area contributed by atoms with Gasteiger partial charge in [-0.15, -0.1) is 0 Å². The molecule has 0 saturated heterocycles. The van der Waals surface area contributed by atoms with Crippen molar-refractivity contribution < 1.29 is 0 Å². The monoisotopic (exact) mass is 650 g/mol. The molecule has 0 aliphatic carbocycles. The van der Waals surface area contributed by atoms with Crippen molar-refractivity contribution in [2.24, 2.45) is 0 Å². The van der Waals surface area contributed by atoms with Crippen LogP contribution in [0, 0.1) is 0 Å². The van der Waals surface area contributed by atoms with E-state index in [0.717, 1.165) is 61.7 Å². The number of hydrogen-bond donors (Lipinski definition) is 1. The first-order valence-corrected chi connectivity index (χ1v) is 17.4. The molecule has 0 bridgehead atoms. The molecule has 0 atom stereocenters. The lowest BCUT2D eigenvalue weighted by Crippen LogP contribution is -2.16. The third-order valence-corrected chi connectivity index (χ3v) is 9.71. The average molecular weight is 651 g/mol. The third-order valence-electron chi connectivity index (χ3n) is 9.71. The Morgan fingerprint density at radius 3 is 1.84 bits per heavy atom. The SMILES string of the molecule is CC(C)(C)c1cc(-c2cc(-c3ccccn3)cc(-c3ccc4c5ccccc5n(-c5ccc(-c6ccccc6)[nH]5)c4n3)c2)cc(C(C)(C)C)c1. The van der Waals surface area contributed by atoms with E-state index in [4.69, 9.17) is 9.97 Å². The highest BCUT2D eigenvalue weighted by molar-refractivity contribution is 6.08. The topological polar surface area (TPSA) is 46.5 Å². The summed E-state index contributed by atoms with van der Waals surface area (Å²) in [6, 6.07) is 47.7. The summed E-state index contributed by atoms with van der Waals surface area (Å²) in [5.74, 6) is 0.983. The zero-order valence-corrected chi connectivity index (χ0v) is 29.6. The smallest absolute Gasteiger partial charge is 0.147 e. The molecule has 0 saturated carbocycles. The van der Waals surface area contributed by atoms with Crippen LogP contribution in [0.4, 0.5) is 0 Å². The Morgan fingerprint density at radius 2 is 1.14 bits per heavy atom. The highest BCUT2D eigenvalue weighted by Gasteiger charge is 2.22. The summed E-state index contributed by atoms with van der Waals surface area (Å²) in [6.45, 7) is 13.7. The first-order valence-electron chi connectivity index (χ1n) is 17.4. The summed E-state index contributed by atoms with van der Waals surface area (Å²) in [6.07, 6.45) is 1.86. The van der Waals surface area contributed by atoms with Crippen LogP contribution >= 0.6 is 0 Å². The standard InChI is InChI=1S/C46H42N4/c1-45(2,3)35-27-32(28-36(29-35)46(4,5)6)31-24-33(39-17-12-13-23-47-39)26-34(25-31)41-20-19-38-37-16-10-11-18-42(37)50(44(38)49-41)43-22-21-40(48-43)30-14-8-7-9-15-30/h7-29,48H,1-6H3. The van der Waals surface area contributed by atoms with Crippen LogP contribution < -0.4 is 0 Å². The Labute approximate surface area is 294 Å². The molecule has 4 nitrogen and oxygen atoms in total. The zero-order valence-electron chi connectivity index (χ0n) is 29.6. The Hall–Kier alpha value is -5.74. The van der Waals surface area contributed by atoms with Crippen molar-refractivity contribution in [1.82, 2.24) is 19.5 Å². The summed E-state index contributed by atoms with van der Waals surface area (Å²) in [4.78, 5) is 13.9. The van der Waals surface area contributed by atoms with E-state index < -0.39 is 0 Å². The van der Waals surface area contributed by atoms with E-state index in [9.17, 15) is 0 Å². The summed E-state index contributed by atoms with van der Waals surface area (Å²) < 4.78 is 2.26. The number of pyridine rings is 2. The number of nitrogens with one attached hydrogen (secondary N) is 1. The average Bonchev–Trinajstić information content (AvgIpc) is 3.74. The first kappa shape index (κ1) is 31.5. The number of H-pyrrole nitrogens is 1. The zero-order chi connectivity index (χ0) is 34.6. The van der Waals surface area contributed by atoms with Crippen LogP contribution in [0.15, 0.2) is 140 Å². The molecule has 8 rings (SSSR count). The van der Waals surface area contributed by atoms with E-state index in [2.05, 4.69) is 172 Å². The Morgan fingerprint density at radius 1 is 0.500 bits per heavy atom. The highest BCUT2D eigenvalue weighted by atomic mass is 15.1. The minimum absolute atomic E-state index is 0.00956. The van der Waals surface area contributed by atoms with Crippen LogP contribution in [-0.2, 0) is 10.8 Å². The van der Waals surface area contributed by atoms with Gasteiger partial charge in [-0.2, -0.15) is 0 Å². The molecule has 1 N–H and O–H groups in total. The number of fused-ring (bicyclic) bond motifs is 3. The lowest BCUT2D eigenvalue weighted by atomic mass is 9.78. The molecule has 0 aliphatic rings. The summed E-state index contributed by atoms with van der Waals surface area (Å²) in [5, 5.41) is 2.29. The second-order valence-corrected chi connectivity index (χ2v) is 15.4. The fourth-order valence-corrected chi connectivity index (χ4v) is 6.83. The van der Waals surface area contributed by atoms with Gasteiger partial charge in [0.15, 0.2) is 0 Å². The predicted molar refractivity (Wildman–Crippen MR) is 210 cm³/mol. The van der Waals surface area contributed by atoms with Gasteiger partial charge in [-0.25, -0.2) is 4.98 Å². The van der Waals surface area contributed by atoms with Crippen LogP contribution in [-0.4, -0.2) is 19.5 Å². The highest BCUT2D eigenvalue weighted by Crippen LogP contribution is 2.39. The van der Waals surface area contributed by atoms with E-state index in [1.807, 2.05) is 18.3 Å². The van der Waals surface area contributed by atoms with Crippen molar-refractivity contribution >= 4 is 21.9 Å². The predicted octanol–water partition coefficient (Wildman–Crippen LogP) is 12.2. The quantitative estimate of drug-likeness (QED) is 0.201. The second kappa shape index (κ2) is 12.0. The van der Waals surface area contributed by atoms with Crippen molar-refractivity contribution in [2.45, 2.75) is 52.4 Å². The molecule has 4 aromatic heterocycles. The third kappa shape index (κ3) is 5.81. The fraction of sp³-hybridized carbons (Fsp3) is 0.174. The summed E-state index contributed by atoms with van der Waals surface area (Å²) >= 11 is 0. The number of hydrogen-bond acceptors (Lipinski definition) is 2. The molecular weight excluding hydrogens is 609 g/mol. The number of rotatable bonds is 5. The molecule has 8 aromatic rings. The molecule has 50 heavy (non-hydrogen) atoms. The van der Waals surface area contributed by atoms with Gasteiger partial charge in [-0.1, -0.05) is 114 Å². The molecule has 0 radical (unpaired) electrons. The van der Waals surface area contributed by atoms with Gasteiger partial charge in [0, 0.05) is 33.8 Å². The van der Waals surface area contributed by atoms with Crippen LogP contribution in [0.3, 0.4) is 0 Å². The van der Waals surface area contributed by atoms with E-state index in [-0.39, 0.29) is 10.8 Å². The lowest BCUT2D eigenvalue weighted by Gasteiger charge is -2.26. The molecular formula is C46H42N4. The summed E-state index contributed by atoms with van der Waals surface area (Å²) in [7, 11) is 0. The number of nitrogens with zero attached hydrogens (tertiary/aromatic N) is 3. The minimum atomic E-state index is 0.00956. The van der Waals surface area contributed by atoms with Gasteiger partial charge in [0.05, 0.1) is 16.9 Å². The van der Waals surface area contributed by atoms with Gasteiger partial charge in [0.25, 0.3) is 0 Å². The normalized spacial score (nSPS) is 12.2. The van der Waals surface area contributed by atoms with Gasteiger partial charge >= 0.3 is 0 Å². The van der Waals surface area contributed by atoms with Crippen molar-refractivity contribution in [3.05, 3.63) is 151 Å². The minimum Gasteiger partial charge on any atom is -0.341 e. The van der Waals surface area contributed by atoms with Gasteiger partial charge in [0.2, 0.25) is 0 Å². The number of aromatic nitrogens is 4. The maximum atomic E-state index is 5.45. The molecule has 0 unspecified atom stereocenters. The maximum absolute atomic E-state index is 5.45. The van der Waals surface area contributed by atoms with Crippen molar-refractivity contribution in [3.8, 4) is 50.7 Å². The lowest BCUT2D eigenvalue weighted by molar-refractivity contribution is 0.569. The Kier molecular flexibility index (Phi) is 7.56. The number of benzene rings is 4. The molecule has 4 heteroatoms. The second-order valence-electron chi connectivity index (χ2n) is 15.4. The van der Waals surface area contributed by atoms with Gasteiger partial charge in [0.1, 0.15) is 11.5 Å². The molecule has 4 aromatic carbocycles. The molecule has 246 valence electrons. The Bertz CT molecular complexity index is 2450. The van der Waals surface area contributed by atoms with E-state index >= 15 is 0 Å². The van der Waals surface area contributed by atoms with Crippen molar-refractivity contribution in [3.63, 3.8) is 0 Å². The number of para-hydroxylation sites is 1. The van der Waals surface area contributed by atoms with Crippen LogP contribution in [0.1, 0.15) is 52.7 Å². The van der Waals surface area contributed by atoms with E-state index in [0.29, 0.717) is 0 Å². The molecule has 0 spiro atoms.